The van der Waals surface area contributed by atoms with Crippen LogP contribution in [0.5, 0.6) is 0 Å². The van der Waals surface area contributed by atoms with Gasteiger partial charge in [-0.15, -0.1) is 0 Å². The highest BCUT2D eigenvalue weighted by molar-refractivity contribution is 5.80. The molecule has 4 heteroatoms. The monoisotopic (exact) mass is 233 g/mol. The van der Waals surface area contributed by atoms with Crippen LogP contribution < -0.4 is 5.32 Å². The van der Waals surface area contributed by atoms with Crippen LogP contribution in [-0.2, 0) is 14.4 Å². The molecular formula is C13H15NO3. The van der Waals surface area contributed by atoms with Crippen LogP contribution in [0.25, 0.3) is 0 Å². The van der Waals surface area contributed by atoms with Gasteiger partial charge in [0.1, 0.15) is 0 Å². The summed E-state index contributed by atoms with van der Waals surface area (Å²) in [6.45, 7) is 4.14. The maximum atomic E-state index is 11.2. The molecule has 1 saturated heterocycles. The number of aryl methyl sites for hydroxylation is 1. The molecule has 0 bridgehead atoms. The van der Waals surface area contributed by atoms with Gasteiger partial charge in [-0.25, -0.2) is 0 Å². The van der Waals surface area contributed by atoms with Crippen molar-refractivity contribution >= 4 is 12.1 Å². The lowest BCUT2D eigenvalue weighted by Gasteiger charge is -2.14. The summed E-state index contributed by atoms with van der Waals surface area (Å²) in [5.74, 6) is 0.520. The zero-order valence-electron chi connectivity index (χ0n) is 9.90. The van der Waals surface area contributed by atoms with Crippen LogP contribution in [0.1, 0.15) is 30.4 Å². The molecule has 1 aromatic rings. The van der Waals surface area contributed by atoms with E-state index in [0.29, 0.717) is 12.3 Å². The van der Waals surface area contributed by atoms with E-state index in [9.17, 15) is 4.79 Å². The minimum Gasteiger partial charge on any atom is -0.353 e. The lowest BCUT2D eigenvalue weighted by atomic mass is 9.92. The number of hydrogen-bond acceptors (Lipinski definition) is 3. The number of rotatable bonds is 1. The van der Waals surface area contributed by atoms with Crippen molar-refractivity contribution in [3.8, 4) is 0 Å². The molecule has 0 aliphatic carbocycles. The van der Waals surface area contributed by atoms with Crippen molar-refractivity contribution in [3.63, 3.8) is 0 Å². The van der Waals surface area contributed by atoms with Crippen LogP contribution in [0.15, 0.2) is 24.3 Å². The van der Waals surface area contributed by atoms with E-state index < -0.39 is 0 Å². The lowest BCUT2D eigenvalue weighted by molar-refractivity contribution is -0.191. The first-order chi connectivity index (χ1) is 8.08. The normalized spacial score (nSPS) is 22.1. The zero-order valence-corrected chi connectivity index (χ0v) is 9.90. The molecule has 2 rings (SSSR count). The minimum atomic E-state index is 0.170. The molecule has 90 valence electrons. The topological polar surface area (TPSA) is 63.2 Å². The van der Waals surface area contributed by atoms with E-state index in [1.54, 1.807) is 0 Å². The Morgan fingerprint density at radius 3 is 2.18 bits per heavy atom. The van der Waals surface area contributed by atoms with E-state index in [1.165, 1.54) is 11.1 Å². The standard InChI is InChI=1S/C12H15NO.CO2/c1-8-3-5-10(6-4-8)11-7-12(14)13-9(11)2;2-1-3/h3-6,9,11H,7H2,1-2H3,(H,13,14);/t9-,11-;/m0./s1. The smallest absolute Gasteiger partial charge is 0.353 e. The highest BCUT2D eigenvalue weighted by Crippen LogP contribution is 2.28. The van der Waals surface area contributed by atoms with Crippen molar-refractivity contribution in [2.24, 2.45) is 0 Å². The highest BCUT2D eigenvalue weighted by atomic mass is 16.2. The van der Waals surface area contributed by atoms with E-state index in [-0.39, 0.29) is 18.1 Å². The number of hydrogen-bond donors (Lipinski definition) is 1. The summed E-state index contributed by atoms with van der Waals surface area (Å²) in [4.78, 5) is 27.4. The average molecular weight is 233 g/mol. The number of nitrogens with one attached hydrogen (secondary N) is 1. The fourth-order valence-corrected chi connectivity index (χ4v) is 2.01. The summed E-state index contributed by atoms with van der Waals surface area (Å²) in [5, 5.41) is 2.94. The Labute approximate surface area is 100 Å². The second-order valence-electron chi connectivity index (χ2n) is 4.16. The molecule has 1 N–H and O–H groups in total. The molecule has 1 heterocycles. The number of amides is 1. The predicted molar refractivity (Wildman–Crippen MR) is 61.1 cm³/mol. The van der Waals surface area contributed by atoms with Crippen molar-refractivity contribution in [3.05, 3.63) is 35.4 Å². The number of carbonyl (C=O) groups excluding carboxylic acids is 3. The second-order valence-corrected chi connectivity index (χ2v) is 4.16. The van der Waals surface area contributed by atoms with E-state index >= 15 is 0 Å². The fraction of sp³-hybridized carbons (Fsp3) is 0.385. The quantitative estimate of drug-likeness (QED) is 0.797. The summed E-state index contributed by atoms with van der Waals surface area (Å²) >= 11 is 0. The third-order valence-corrected chi connectivity index (χ3v) is 2.90. The molecule has 1 aromatic carbocycles. The SMILES string of the molecule is Cc1ccc([C@H]2CC(=O)N[C@H]2C)cc1.O=C=O. The maximum Gasteiger partial charge on any atom is 0.373 e. The Hall–Kier alpha value is -1.93. The Bertz CT molecular complexity index is 419. The van der Waals surface area contributed by atoms with Gasteiger partial charge in [0, 0.05) is 18.4 Å². The Morgan fingerprint density at radius 2 is 1.76 bits per heavy atom. The molecule has 0 saturated carbocycles. The average Bonchev–Trinajstić information content (AvgIpc) is 2.60. The fourth-order valence-electron chi connectivity index (χ4n) is 2.01. The molecule has 1 aliphatic heterocycles. The van der Waals surface area contributed by atoms with Gasteiger partial charge in [0.15, 0.2) is 0 Å². The van der Waals surface area contributed by atoms with Crippen LogP contribution in [0.3, 0.4) is 0 Å². The first kappa shape index (κ1) is 13.1. The molecule has 0 spiro atoms. The predicted octanol–water partition coefficient (Wildman–Crippen LogP) is 1.40. The van der Waals surface area contributed by atoms with Crippen molar-refractivity contribution in [2.75, 3.05) is 0 Å². The zero-order chi connectivity index (χ0) is 12.8. The molecule has 1 amide bonds. The Kier molecular flexibility index (Phi) is 4.61. The van der Waals surface area contributed by atoms with Crippen molar-refractivity contribution in [1.29, 1.82) is 0 Å². The highest BCUT2D eigenvalue weighted by Gasteiger charge is 2.29. The van der Waals surface area contributed by atoms with Crippen molar-refractivity contribution in [2.45, 2.75) is 32.2 Å². The Morgan fingerprint density at radius 1 is 1.24 bits per heavy atom. The molecule has 17 heavy (non-hydrogen) atoms. The minimum absolute atomic E-state index is 0.170. The molecule has 4 nitrogen and oxygen atoms in total. The third-order valence-electron chi connectivity index (χ3n) is 2.90. The number of carbonyl (C=O) groups is 1. The van der Waals surface area contributed by atoms with Gasteiger partial charge in [0.25, 0.3) is 0 Å². The van der Waals surface area contributed by atoms with Crippen molar-refractivity contribution < 1.29 is 14.4 Å². The summed E-state index contributed by atoms with van der Waals surface area (Å²) < 4.78 is 0. The van der Waals surface area contributed by atoms with E-state index in [2.05, 4.69) is 43.4 Å². The van der Waals surface area contributed by atoms with Gasteiger partial charge in [0.2, 0.25) is 5.91 Å². The summed E-state index contributed by atoms with van der Waals surface area (Å²) in [7, 11) is 0. The van der Waals surface area contributed by atoms with Crippen LogP contribution in [0, 0.1) is 6.92 Å². The van der Waals surface area contributed by atoms with Crippen LogP contribution in [0.4, 0.5) is 0 Å². The van der Waals surface area contributed by atoms with E-state index in [4.69, 9.17) is 9.59 Å². The summed E-state index contributed by atoms with van der Waals surface area (Å²) in [6, 6.07) is 8.72. The van der Waals surface area contributed by atoms with Crippen LogP contribution >= 0.6 is 0 Å². The van der Waals surface area contributed by atoms with E-state index in [1.807, 2.05) is 0 Å². The lowest BCUT2D eigenvalue weighted by Crippen LogP contribution is -2.24. The van der Waals surface area contributed by atoms with Crippen LogP contribution in [0.2, 0.25) is 0 Å². The molecule has 0 unspecified atom stereocenters. The first-order valence-electron chi connectivity index (χ1n) is 5.43. The second kappa shape index (κ2) is 5.97. The van der Waals surface area contributed by atoms with Crippen molar-refractivity contribution in [1.82, 2.24) is 5.32 Å². The van der Waals surface area contributed by atoms with Gasteiger partial charge in [0.05, 0.1) is 0 Å². The summed E-state index contributed by atoms with van der Waals surface area (Å²) in [5.41, 5.74) is 2.53. The maximum absolute atomic E-state index is 11.2. The molecule has 2 atom stereocenters. The number of benzene rings is 1. The molecule has 1 aliphatic rings. The Balaban J connectivity index is 0.000000437. The van der Waals surface area contributed by atoms with Crippen LogP contribution in [-0.4, -0.2) is 18.1 Å². The van der Waals surface area contributed by atoms with Gasteiger partial charge in [-0.1, -0.05) is 29.8 Å². The molecule has 0 radical (unpaired) electrons. The van der Waals surface area contributed by atoms with Gasteiger partial charge < -0.3 is 5.32 Å². The van der Waals surface area contributed by atoms with Gasteiger partial charge in [-0.2, -0.15) is 9.59 Å². The van der Waals surface area contributed by atoms with E-state index in [0.717, 1.165) is 0 Å². The molecule has 1 fully saturated rings. The van der Waals surface area contributed by atoms with Gasteiger partial charge >= 0.3 is 6.15 Å². The third kappa shape index (κ3) is 3.54. The summed E-state index contributed by atoms with van der Waals surface area (Å²) in [6.07, 6.45) is 0.879. The van der Waals surface area contributed by atoms with Gasteiger partial charge in [-0.3, -0.25) is 4.79 Å². The first-order valence-corrected chi connectivity index (χ1v) is 5.43. The molecular weight excluding hydrogens is 218 g/mol. The van der Waals surface area contributed by atoms with Gasteiger partial charge in [-0.05, 0) is 19.4 Å². The molecule has 0 aromatic heterocycles. The largest absolute Gasteiger partial charge is 0.373 e.